The zero-order valence-electron chi connectivity index (χ0n) is 39.8. The lowest BCUT2D eigenvalue weighted by atomic mass is 9.84. The molecule has 1 heteroatoms. The maximum absolute atomic E-state index is 6.28. The minimum atomic E-state index is 0.905. The third kappa shape index (κ3) is 6.56. The Morgan fingerprint density at radius 1 is 0.178 bits per heavy atom. The van der Waals surface area contributed by atoms with Gasteiger partial charge in [0.05, 0.1) is 0 Å². The molecule has 14 aromatic carbocycles. The van der Waals surface area contributed by atoms with E-state index >= 15 is 0 Å². The number of rotatable bonds is 6. The van der Waals surface area contributed by atoms with Gasteiger partial charge < -0.3 is 4.42 Å². The molecule has 0 amide bonds. The van der Waals surface area contributed by atoms with Crippen LogP contribution in [0.25, 0.3) is 153 Å². The molecule has 0 aliphatic heterocycles. The van der Waals surface area contributed by atoms with Gasteiger partial charge in [0.1, 0.15) is 11.2 Å². The van der Waals surface area contributed by atoms with Gasteiger partial charge in [-0.25, -0.2) is 0 Å². The molecule has 0 radical (unpaired) electrons. The average molecular weight is 925 g/mol. The summed E-state index contributed by atoms with van der Waals surface area (Å²) in [6, 6.07) is 98.2. The predicted octanol–water partition coefficient (Wildman–Crippen LogP) is 20.5. The van der Waals surface area contributed by atoms with Crippen LogP contribution in [-0.2, 0) is 0 Å². The standard InChI is InChI=1S/C72H44O/c1-2-16-48(17-3-1)69-55-21-4-6-23-57(55)70(58-24-7-5-22-56(58)69)49-36-32-47(33-37-49)53-29-14-18-45-34-38-50(42-64(45)53)51-39-35-46-19-15-30-63(65(46)43-51)72-61-27-10-8-25-59(61)71(60-26-9-11-28-62(60)72)52-40-41-68-66(44-52)54-20-12-13-31-67(54)73-68/h1-44H. The van der Waals surface area contributed by atoms with Gasteiger partial charge in [-0.15, -0.1) is 0 Å². The SMILES string of the molecule is c1ccc(-c2c3ccccc3c(-c3ccc(-c4cccc5ccc(-c6ccc7cccc(-c8c9ccccc9c(-c9ccc%10oc%11ccccc%11c%10c9)c9ccccc89)c7c6)cc45)cc3)c3ccccc23)cc1. The van der Waals surface area contributed by atoms with E-state index in [-0.39, 0.29) is 0 Å². The topological polar surface area (TPSA) is 13.1 Å². The first kappa shape index (κ1) is 41.2. The van der Waals surface area contributed by atoms with E-state index in [2.05, 4.69) is 261 Å². The highest BCUT2D eigenvalue weighted by molar-refractivity contribution is 6.25. The fourth-order valence-corrected chi connectivity index (χ4v) is 12.2. The van der Waals surface area contributed by atoms with Crippen LogP contribution in [0, 0.1) is 0 Å². The lowest BCUT2D eigenvalue weighted by molar-refractivity contribution is 0.669. The van der Waals surface area contributed by atoms with Crippen molar-refractivity contribution in [3.8, 4) is 66.8 Å². The lowest BCUT2D eigenvalue weighted by Gasteiger charge is -2.19. The molecule has 0 N–H and O–H groups in total. The van der Waals surface area contributed by atoms with E-state index in [4.69, 9.17) is 4.42 Å². The van der Waals surface area contributed by atoms with Crippen molar-refractivity contribution in [2.75, 3.05) is 0 Å². The van der Waals surface area contributed by atoms with E-state index in [1.165, 1.54) is 131 Å². The summed E-state index contributed by atoms with van der Waals surface area (Å²) in [5.74, 6) is 0. The summed E-state index contributed by atoms with van der Waals surface area (Å²) in [6.07, 6.45) is 0. The molecule has 73 heavy (non-hydrogen) atoms. The summed E-state index contributed by atoms with van der Waals surface area (Å²) >= 11 is 0. The van der Waals surface area contributed by atoms with Crippen LogP contribution in [0.1, 0.15) is 0 Å². The number of para-hydroxylation sites is 1. The Bertz CT molecular complexity index is 4600. The fraction of sp³-hybridized carbons (Fsp3) is 0. The highest BCUT2D eigenvalue weighted by Crippen LogP contribution is 2.48. The van der Waals surface area contributed by atoms with Crippen molar-refractivity contribution in [2.45, 2.75) is 0 Å². The van der Waals surface area contributed by atoms with Gasteiger partial charge in [0.2, 0.25) is 0 Å². The van der Waals surface area contributed by atoms with Crippen LogP contribution in [0.5, 0.6) is 0 Å². The minimum Gasteiger partial charge on any atom is -0.456 e. The van der Waals surface area contributed by atoms with Crippen molar-refractivity contribution < 1.29 is 4.42 Å². The highest BCUT2D eigenvalue weighted by atomic mass is 16.3. The van der Waals surface area contributed by atoms with Gasteiger partial charge >= 0.3 is 0 Å². The molecule has 0 atom stereocenters. The summed E-state index contributed by atoms with van der Waals surface area (Å²) in [5, 5.41) is 17.2. The van der Waals surface area contributed by atoms with E-state index in [0.717, 1.165) is 21.9 Å². The Hall–Kier alpha value is -9.56. The quantitative estimate of drug-likeness (QED) is 0.151. The third-order valence-electron chi connectivity index (χ3n) is 15.4. The van der Waals surface area contributed by atoms with Crippen molar-refractivity contribution in [2.24, 2.45) is 0 Å². The lowest BCUT2D eigenvalue weighted by Crippen LogP contribution is -1.92. The Balaban J connectivity index is 0.849. The summed E-state index contributed by atoms with van der Waals surface area (Å²) < 4.78 is 6.28. The van der Waals surface area contributed by atoms with E-state index in [9.17, 15) is 0 Å². The molecular weight excluding hydrogens is 881 g/mol. The van der Waals surface area contributed by atoms with Gasteiger partial charge in [-0.1, -0.05) is 237 Å². The molecule has 0 fully saturated rings. The van der Waals surface area contributed by atoms with Crippen molar-refractivity contribution in [3.05, 3.63) is 267 Å². The van der Waals surface area contributed by atoms with E-state index < -0.39 is 0 Å². The van der Waals surface area contributed by atoms with Crippen LogP contribution in [0.15, 0.2) is 271 Å². The van der Waals surface area contributed by atoms with Crippen molar-refractivity contribution >= 4 is 86.6 Å². The number of benzene rings is 14. The Labute approximate surface area is 422 Å². The predicted molar refractivity (Wildman–Crippen MR) is 311 cm³/mol. The average Bonchev–Trinajstić information content (AvgIpc) is 3.83. The van der Waals surface area contributed by atoms with E-state index in [1.54, 1.807) is 0 Å². The second-order valence-electron chi connectivity index (χ2n) is 19.4. The first-order chi connectivity index (χ1) is 36.2. The summed E-state index contributed by atoms with van der Waals surface area (Å²) in [6.45, 7) is 0. The normalized spacial score (nSPS) is 11.8. The number of hydrogen-bond acceptors (Lipinski definition) is 1. The molecule has 15 aromatic rings. The van der Waals surface area contributed by atoms with Crippen LogP contribution < -0.4 is 0 Å². The zero-order chi connectivity index (χ0) is 48.0. The molecule has 0 unspecified atom stereocenters. The van der Waals surface area contributed by atoms with Crippen LogP contribution in [0.2, 0.25) is 0 Å². The second-order valence-corrected chi connectivity index (χ2v) is 19.4. The molecule has 0 aliphatic carbocycles. The molecule has 1 aromatic heterocycles. The summed E-state index contributed by atoms with van der Waals surface area (Å²) in [4.78, 5) is 0. The van der Waals surface area contributed by atoms with Crippen molar-refractivity contribution in [1.82, 2.24) is 0 Å². The van der Waals surface area contributed by atoms with Gasteiger partial charge in [-0.3, -0.25) is 0 Å². The smallest absolute Gasteiger partial charge is 0.135 e. The van der Waals surface area contributed by atoms with Gasteiger partial charge in [0.25, 0.3) is 0 Å². The fourth-order valence-electron chi connectivity index (χ4n) is 12.2. The van der Waals surface area contributed by atoms with Gasteiger partial charge in [-0.2, -0.15) is 0 Å². The van der Waals surface area contributed by atoms with Gasteiger partial charge in [0, 0.05) is 10.8 Å². The van der Waals surface area contributed by atoms with E-state index in [0.29, 0.717) is 0 Å². The van der Waals surface area contributed by atoms with Crippen molar-refractivity contribution in [1.29, 1.82) is 0 Å². The molecule has 15 rings (SSSR count). The monoisotopic (exact) mass is 924 g/mol. The van der Waals surface area contributed by atoms with Crippen LogP contribution in [-0.4, -0.2) is 0 Å². The van der Waals surface area contributed by atoms with E-state index in [1.807, 2.05) is 6.07 Å². The van der Waals surface area contributed by atoms with Crippen molar-refractivity contribution in [3.63, 3.8) is 0 Å². The Morgan fingerprint density at radius 3 is 1.10 bits per heavy atom. The van der Waals surface area contributed by atoms with Gasteiger partial charge in [-0.05, 0) is 162 Å². The maximum atomic E-state index is 6.28. The van der Waals surface area contributed by atoms with Crippen LogP contribution >= 0.6 is 0 Å². The van der Waals surface area contributed by atoms with Crippen LogP contribution in [0.4, 0.5) is 0 Å². The number of furan rings is 1. The number of hydrogen-bond donors (Lipinski definition) is 0. The largest absolute Gasteiger partial charge is 0.456 e. The minimum absolute atomic E-state index is 0.905. The third-order valence-corrected chi connectivity index (χ3v) is 15.4. The first-order valence-electron chi connectivity index (χ1n) is 25.2. The molecule has 1 heterocycles. The Morgan fingerprint density at radius 2 is 0.548 bits per heavy atom. The zero-order valence-corrected chi connectivity index (χ0v) is 39.8. The molecule has 0 saturated carbocycles. The molecule has 0 aliphatic rings. The highest BCUT2D eigenvalue weighted by Gasteiger charge is 2.21. The first-order valence-corrected chi connectivity index (χ1v) is 25.2. The summed E-state index contributed by atoms with van der Waals surface area (Å²) in [5.41, 5.74) is 16.5. The van der Waals surface area contributed by atoms with Gasteiger partial charge in [0.15, 0.2) is 0 Å². The maximum Gasteiger partial charge on any atom is 0.135 e. The second kappa shape index (κ2) is 16.5. The molecule has 1 nitrogen and oxygen atoms in total. The number of fused-ring (bicyclic) bond motifs is 9. The molecular formula is C72H44O. The molecule has 338 valence electrons. The molecule has 0 saturated heterocycles. The molecule has 0 bridgehead atoms. The Kier molecular flexibility index (Phi) is 9.33. The van der Waals surface area contributed by atoms with Crippen LogP contribution in [0.3, 0.4) is 0 Å². The molecule has 0 spiro atoms. The summed E-state index contributed by atoms with van der Waals surface area (Å²) in [7, 11) is 0.